The molecule has 26 heavy (non-hydrogen) atoms. The number of rotatable bonds is 6. The molecule has 0 aliphatic carbocycles. The van der Waals surface area contributed by atoms with Crippen molar-refractivity contribution >= 4 is 23.7 Å². The van der Waals surface area contributed by atoms with Gasteiger partial charge in [0.25, 0.3) is 0 Å². The summed E-state index contributed by atoms with van der Waals surface area (Å²) in [5.74, 6) is -1.35. The molecule has 1 heterocycles. The van der Waals surface area contributed by atoms with Crippen molar-refractivity contribution in [2.24, 2.45) is 0 Å². The zero-order chi connectivity index (χ0) is 19.1. The van der Waals surface area contributed by atoms with E-state index in [2.05, 4.69) is 16.1 Å². The molecular weight excluding hydrogens is 352 g/mol. The maximum atomic E-state index is 12.5. The van der Waals surface area contributed by atoms with Crippen molar-refractivity contribution in [3.05, 3.63) is 57.8 Å². The first-order chi connectivity index (χ1) is 12.5. The topological polar surface area (TPSA) is 88.4 Å². The van der Waals surface area contributed by atoms with Crippen LogP contribution in [-0.4, -0.2) is 31.4 Å². The number of hydrogen-bond donors (Lipinski definition) is 1. The molecule has 1 aromatic carbocycles. The van der Waals surface area contributed by atoms with Gasteiger partial charge in [-0.05, 0) is 19.4 Å². The van der Waals surface area contributed by atoms with Gasteiger partial charge < -0.3 is 14.8 Å². The van der Waals surface area contributed by atoms with Gasteiger partial charge in [0, 0.05) is 5.70 Å². The Balaban J connectivity index is 2.51. The minimum atomic E-state index is -0.554. The highest BCUT2D eigenvalue weighted by Gasteiger charge is 2.35. The molecule has 1 aromatic rings. The van der Waals surface area contributed by atoms with E-state index in [4.69, 9.17) is 4.74 Å². The van der Waals surface area contributed by atoms with E-state index in [0.717, 1.165) is 5.56 Å². The lowest BCUT2D eigenvalue weighted by Crippen LogP contribution is -2.29. The summed E-state index contributed by atoms with van der Waals surface area (Å²) in [6.45, 7) is 3.74. The van der Waals surface area contributed by atoms with Crippen molar-refractivity contribution in [3.63, 3.8) is 0 Å². The van der Waals surface area contributed by atoms with Crippen LogP contribution in [0.25, 0.3) is 0 Å². The standard InChI is InChI=1S/C19H20N2O4S/c1-4-25-19(23)16-12(2)21-18(26-11-15(22)24-3)14(10-20)17(16)13-8-6-5-7-9-13/h5-9,17,21H,4,11H2,1-3H3/t17-/m0/s1. The Morgan fingerprint density at radius 1 is 1.31 bits per heavy atom. The molecule has 136 valence electrons. The zero-order valence-electron chi connectivity index (χ0n) is 14.9. The Hall–Kier alpha value is -2.72. The van der Waals surface area contributed by atoms with Crippen molar-refractivity contribution in [2.75, 3.05) is 19.5 Å². The van der Waals surface area contributed by atoms with Crippen LogP contribution in [0.5, 0.6) is 0 Å². The average molecular weight is 372 g/mol. The van der Waals surface area contributed by atoms with Gasteiger partial charge in [-0.15, -0.1) is 0 Å². The summed E-state index contributed by atoms with van der Waals surface area (Å²) in [6.07, 6.45) is 0. The summed E-state index contributed by atoms with van der Waals surface area (Å²) < 4.78 is 9.86. The number of dihydropyridines is 1. The van der Waals surface area contributed by atoms with Crippen molar-refractivity contribution in [1.82, 2.24) is 5.32 Å². The van der Waals surface area contributed by atoms with Gasteiger partial charge in [0.2, 0.25) is 0 Å². The molecule has 6 nitrogen and oxygen atoms in total. The molecule has 1 N–H and O–H groups in total. The minimum absolute atomic E-state index is 0.0630. The molecular formula is C19H20N2O4S. The van der Waals surface area contributed by atoms with Gasteiger partial charge in [0.05, 0.1) is 47.6 Å². The number of thioether (sulfide) groups is 1. The first-order valence-electron chi connectivity index (χ1n) is 8.07. The highest BCUT2D eigenvalue weighted by molar-refractivity contribution is 8.03. The number of nitrogens with zero attached hydrogens (tertiary/aromatic N) is 1. The van der Waals surface area contributed by atoms with Crippen LogP contribution in [0.4, 0.5) is 0 Å². The molecule has 0 saturated heterocycles. The minimum Gasteiger partial charge on any atom is -0.468 e. The fraction of sp³-hybridized carbons (Fsp3) is 0.316. The molecule has 0 amide bonds. The lowest BCUT2D eigenvalue weighted by atomic mass is 9.82. The summed E-state index contributed by atoms with van der Waals surface area (Å²) in [5, 5.41) is 13.4. The predicted octanol–water partition coefficient (Wildman–Crippen LogP) is 2.85. The fourth-order valence-electron chi connectivity index (χ4n) is 2.67. The van der Waals surface area contributed by atoms with Gasteiger partial charge in [-0.1, -0.05) is 42.1 Å². The van der Waals surface area contributed by atoms with Crippen molar-refractivity contribution < 1.29 is 19.1 Å². The molecule has 1 aliphatic rings. The van der Waals surface area contributed by atoms with Crippen molar-refractivity contribution in [3.8, 4) is 6.07 Å². The van der Waals surface area contributed by atoms with Crippen LogP contribution in [0.3, 0.4) is 0 Å². The molecule has 0 aromatic heterocycles. The SMILES string of the molecule is CCOC(=O)C1=C(C)NC(SCC(=O)OC)=C(C#N)[C@@H]1c1ccccc1. The zero-order valence-corrected chi connectivity index (χ0v) is 15.7. The van der Waals surface area contributed by atoms with E-state index < -0.39 is 17.9 Å². The normalized spacial score (nSPS) is 16.6. The number of allylic oxidation sites excluding steroid dienone is 2. The molecule has 0 fully saturated rings. The van der Waals surface area contributed by atoms with Crippen LogP contribution in [-0.2, 0) is 19.1 Å². The highest BCUT2D eigenvalue weighted by Crippen LogP contribution is 2.40. The summed E-state index contributed by atoms with van der Waals surface area (Å²) in [6, 6.07) is 11.5. The van der Waals surface area contributed by atoms with Crippen LogP contribution in [0, 0.1) is 11.3 Å². The van der Waals surface area contributed by atoms with E-state index in [-0.39, 0.29) is 12.4 Å². The van der Waals surface area contributed by atoms with E-state index in [1.54, 1.807) is 13.8 Å². The van der Waals surface area contributed by atoms with E-state index in [1.165, 1.54) is 18.9 Å². The molecule has 0 radical (unpaired) electrons. The number of methoxy groups -OCH3 is 1. The van der Waals surface area contributed by atoms with E-state index >= 15 is 0 Å². The lowest BCUT2D eigenvalue weighted by Gasteiger charge is -2.29. The van der Waals surface area contributed by atoms with Gasteiger partial charge in [-0.3, -0.25) is 4.79 Å². The van der Waals surface area contributed by atoms with E-state index in [9.17, 15) is 14.9 Å². The Morgan fingerprint density at radius 2 is 2.00 bits per heavy atom. The molecule has 0 unspecified atom stereocenters. The van der Waals surface area contributed by atoms with Crippen LogP contribution >= 0.6 is 11.8 Å². The van der Waals surface area contributed by atoms with Crippen LogP contribution in [0.2, 0.25) is 0 Å². The number of esters is 2. The van der Waals surface area contributed by atoms with Crippen LogP contribution in [0.1, 0.15) is 25.3 Å². The number of carbonyl (C=O) groups excluding carboxylic acids is 2. The predicted molar refractivity (Wildman–Crippen MR) is 98.8 cm³/mol. The Kier molecular flexibility index (Phi) is 6.87. The average Bonchev–Trinajstić information content (AvgIpc) is 2.66. The third-order valence-electron chi connectivity index (χ3n) is 3.84. The molecule has 0 spiro atoms. The van der Waals surface area contributed by atoms with Gasteiger partial charge in [-0.2, -0.15) is 5.26 Å². The Bertz CT molecular complexity index is 794. The second kappa shape index (κ2) is 9.11. The quantitative estimate of drug-likeness (QED) is 0.768. The largest absolute Gasteiger partial charge is 0.468 e. The van der Waals surface area contributed by atoms with Crippen LogP contribution in [0.15, 0.2) is 52.2 Å². The Morgan fingerprint density at radius 3 is 2.58 bits per heavy atom. The molecule has 0 saturated carbocycles. The van der Waals surface area contributed by atoms with Gasteiger partial charge >= 0.3 is 11.9 Å². The first-order valence-corrected chi connectivity index (χ1v) is 9.05. The van der Waals surface area contributed by atoms with Crippen LogP contribution < -0.4 is 5.32 Å². The number of nitriles is 1. The van der Waals surface area contributed by atoms with E-state index in [0.29, 0.717) is 21.9 Å². The van der Waals surface area contributed by atoms with Gasteiger partial charge in [-0.25, -0.2) is 4.79 Å². The second-order valence-corrected chi connectivity index (χ2v) is 6.43. The molecule has 2 rings (SSSR count). The van der Waals surface area contributed by atoms with Gasteiger partial charge in [0.1, 0.15) is 0 Å². The number of hydrogen-bond acceptors (Lipinski definition) is 7. The molecule has 7 heteroatoms. The molecule has 0 bridgehead atoms. The third kappa shape index (κ3) is 4.27. The highest BCUT2D eigenvalue weighted by atomic mass is 32.2. The molecule has 1 aliphatic heterocycles. The third-order valence-corrected chi connectivity index (χ3v) is 4.83. The smallest absolute Gasteiger partial charge is 0.336 e. The summed E-state index contributed by atoms with van der Waals surface area (Å²) in [4.78, 5) is 24.0. The number of nitrogens with one attached hydrogen (secondary N) is 1. The summed E-state index contributed by atoms with van der Waals surface area (Å²) >= 11 is 1.18. The monoisotopic (exact) mass is 372 g/mol. The number of carbonyl (C=O) groups is 2. The second-order valence-electron chi connectivity index (χ2n) is 5.45. The molecule has 1 atom stereocenters. The Labute approximate surface area is 156 Å². The maximum Gasteiger partial charge on any atom is 0.336 e. The maximum absolute atomic E-state index is 12.5. The van der Waals surface area contributed by atoms with E-state index in [1.807, 2.05) is 30.3 Å². The first kappa shape index (κ1) is 19.6. The van der Waals surface area contributed by atoms with Gasteiger partial charge in [0.15, 0.2) is 0 Å². The van der Waals surface area contributed by atoms with Crippen molar-refractivity contribution in [2.45, 2.75) is 19.8 Å². The number of ether oxygens (including phenoxy) is 2. The summed E-state index contributed by atoms with van der Waals surface area (Å²) in [7, 11) is 1.31. The summed E-state index contributed by atoms with van der Waals surface area (Å²) in [5.41, 5.74) is 2.18. The number of benzene rings is 1. The fourth-order valence-corrected chi connectivity index (χ4v) is 3.60. The lowest BCUT2D eigenvalue weighted by molar-refractivity contribution is -0.139. The van der Waals surface area contributed by atoms with Crippen molar-refractivity contribution in [1.29, 1.82) is 5.26 Å².